The fourth-order valence-electron chi connectivity index (χ4n) is 7.08. The van der Waals surface area contributed by atoms with Crippen LogP contribution in [-0.4, -0.2) is 64.6 Å². The summed E-state index contributed by atoms with van der Waals surface area (Å²) in [5, 5.41) is 11.0. The molecule has 3 heterocycles. The number of carboxylic acid groups (broad SMARTS) is 1. The number of morpholine rings is 1. The fraction of sp³-hybridized carbons (Fsp3) is 0.359. The molecule has 1 amide bonds. The molecule has 1 saturated carbocycles. The Kier molecular flexibility index (Phi) is 9.79. The maximum atomic E-state index is 13.8. The molecule has 3 aromatic rings. The molecule has 7 heteroatoms. The zero-order valence-electron chi connectivity index (χ0n) is 26.7. The summed E-state index contributed by atoms with van der Waals surface area (Å²) in [6.07, 6.45) is 12.4. The number of hydrogen-bond acceptors (Lipinski definition) is 5. The van der Waals surface area contributed by atoms with Crippen LogP contribution in [0.5, 0.6) is 0 Å². The quantitative estimate of drug-likeness (QED) is 0.160. The van der Waals surface area contributed by atoms with Crippen molar-refractivity contribution in [1.29, 1.82) is 0 Å². The van der Waals surface area contributed by atoms with E-state index >= 15 is 0 Å². The van der Waals surface area contributed by atoms with Crippen LogP contribution in [0.4, 0.5) is 0 Å². The van der Waals surface area contributed by atoms with Gasteiger partial charge < -0.3 is 19.6 Å². The van der Waals surface area contributed by atoms with Crippen molar-refractivity contribution < 1.29 is 19.4 Å². The van der Waals surface area contributed by atoms with Crippen molar-refractivity contribution >= 4 is 28.5 Å². The van der Waals surface area contributed by atoms with Crippen LogP contribution in [0.3, 0.4) is 0 Å². The zero-order valence-corrected chi connectivity index (χ0v) is 26.7. The lowest BCUT2D eigenvalue weighted by Gasteiger charge is -2.31. The SMILES string of the molecule is C=C/C=C(\C=C1/CC(C2CCCCCC2)=C(c2ccc3nc(-c4cccc(C)c4)ccc3c2)N1CC(=O)N1CCOCC1)C(=O)O. The summed E-state index contributed by atoms with van der Waals surface area (Å²) in [6, 6.07) is 18.9. The molecule has 0 bridgehead atoms. The largest absolute Gasteiger partial charge is 0.478 e. The van der Waals surface area contributed by atoms with E-state index in [0.717, 1.165) is 52.0 Å². The van der Waals surface area contributed by atoms with Gasteiger partial charge in [0.15, 0.2) is 0 Å². The molecule has 1 N–H and O–H groups in total. The number of ether oxygens (including phenoxy) is 1. The minimum absolute atomic E-state index is 0.0173. The maximum absolute atomic E-state index is 13.8. The van der Waals surface area contributed by atoms with Crippen LogP contribution < -0.4 is 0 Å². The minimum atomic E-state index is -1.02. The van der Waals surface area contributed by atoms with Gasteiger partial charge in [0.2, 0.25) is 5.91 Å². The molecule has 2 fully saturated rings. The van der Waals surface area contributed by atoms with E-state index in [1.165, 1.54) is 49.0 Å². The van der Waals surface area contributed by atoms with Gasteiger partial charge in [0.25, 0.3) is 0 Å². The second kappa shape index (κ2) is 14.3. The molecule has 0 atom stereocenters. The average Bonchev–Trinajstić information content (AvgIpc) is 3.21. The summed E-state index contributed by atoms with van der Waals surface area (Å²) in [7, 11) is 0. The Hall–Kier alpha value is -4.49. The van der Waals surface area contributed by atoms with Gasteiger partial charge in [0, 0.05) is 41.9 Å². The van der Waals surface area contributed by atoms with Crippen LogP contribution >= 0.6 is 0 Å². The van der Waals surface area contributed by atoms with E-state index in [9.17, 15) is 14.7 Å². The van der Waals surface area contributed by atoms with Gasteiger partial charge in [-0.1, -0.05) is 74.2 Å². The van der Waals surface area contributed by atoms with E-state index in [0.29, 0.717) is 38.6 Å². The molecule has 7 nitrogen and oxygen atoms in total. The third kappa shape index (κ3) is 7.00. The summed E-state index contributed by atoms with van der Waals surface area (Å²) >= 11 is 0. The number of aryl methyl sites for hydroxylation is 1. The van der Waals surface area contributed by atoms with Crippen molar-refractivity contribution in [3.05, 3.63) is 107 Å². The molecule has 3 aliphatic rings. The molecule has 46 heavy (non-hydrogen) atoms. The standard InChI is InChI=1S/C39H43N3O4/c1-3-9-32(39(44)45)24-33-25-34(28-11-6-4-5-7-12-28)38(42(33)26-37(43)41-18-20-46-21-19-41)31-15-17-36-30(23-31)14-16-35(40-36)29-13-8-10-27(2)22-29/h3,8-10,13-17,22-24,28H,1,4-7,11-12,18-21,25-26H2,2H3,(H,44,45)/b32-9+,33-24+. The molecule has 1 aliphatic carbocycles. The number of aromatic nitrogens is 1. The van der Waals surface area contributed by atoms with E-state index in [4.69, 9.17) is 9.72 Å². The number of amides is 1. The summed E-state index contributed by atoms with van der Waals surface area (Å²) in [5.41, 5.74) is 8.47. The highest BCUT2D eigenvalue weighted by atomic mass is 16.5. The minimum Gasteiger partial charge on any atom is -0.478 e. The number of rotatable bonds is 8. The molecule has 0 spiro atoms. The number of carboxylic acids is 1. The number of carbonyl (C=O) groups excluding carboxylic acids is 1. The van der Waals surface area contributed by atoms with Crippen molar-refractivity contribution in [2.45, 2.75) is 51.9 Å². The number of carbonyl (C=O) groups is 2. The average molecular weight is 618 g/mol. The van der Waals surface area contributed by atoms with Crippen molar-refractivity contribution in [2.75, 3.05) is 32.8 Å². The van der Waals surface area contributed by atoms with E-state index in [1.54, 1.807) is 6.08 Å². The number of pyridine rings is 1. The first-order valence-corrected chi connectivity index (χ1v) is 16.5. The van der Waals surface area contributed by atoms with Gasteiger partial charge in [0.1, 0.15) is 6.54 Å². The lowest BCUT2D eigenvalue weighted by atomic mass is 9.87. The van der Waals surface area contributed by atoms with Crippen LogP contribution in [0, 0.1) is 12.8 Å². The fourth-order valence-corrected chi connectivity index (χ4v) is 7.08. The van der Waals surface area contributed by atoms with Crippen LogP contribution in [0.2, 0.25) is 0 Å². The number of fused-ring (bicyclic) bond motifs is 1. The third-order valence-electron chi connectivity index (χ3n) is 9.44. The Bertz CT molecular complexity index is 1720. The van der Waals surface area contributed by atoms with Crippen LogP contribution in [0.25, 0.3) is 27.9 Å². The van der Waals surface area contributed by atoms with Crippen molar-refractivity contribution in [3.63, 3.8) is 0 Å². The van der Waals surface area contributed by atoms with E-state index in [2.05, 4.69) is 73.0 Å². The maximum Gasteiger partial charge on any atom is 0.335 e. The first-order chi connectivity index (χ1) is 22.4. The molecule has 2 aliphatic heterocycles. The monoisotopic (exact) mass is 617 g/mol. The van der Waals surface area contributed by atoms with Gasteiger partial charge in [-0.05, 0) is 73.2 Å². The van der Waals surface area contributed by atoms with Gasteiger partial charge in [-0.3, -0.25) is 4.79 Å². The molecular weight excluding hydrogens is 574 g/mol. The Morgan fingerprint density at radius 2 is 1.78 bits per heavy atom. The first-order valence-electron chi connectivity index (χ1n) is 16.5. The molecule has 238 valence electrons. The molecule has 1 saturated heterocycles. The normalized spacial score (nSPS) is 19.2. The summed E-state index contributed by atoms with van der Waals surface area (Å²) in [6.45, 7) is 8.13. The number of aliphatic carboxylic acids is 1. The van der Waals surface area contributed by atoms with Crippen molar-refractivity contribution in [2.24, 2.45) is 5.92 Å². The second-order valence-electron chi connectivity index (χ2n) is 12.6. The Morgan fingerprint density at radius 1 is 1.00 bits per heavy atom. The molecule has 1 aromatic heterocycles. The zero-order chi connectivity index (χ0) is 32.0. The van der Waals surface area contributed by atoms with Crippen molar-refractivity contribution in [1.82, 2.24) is 14.8 Å². The topological polar surface area (TPSA) is 83.0 Å². The van der Waals surface area contributed by atoms with Crippen LogP contribution in [-0.2, 0) is 14.3 Å². The molecule has 6 rings (SSSR count). The Labute approximate surface area is 271 Å². The smallest absolute Gasteiger partial charge is 0.335 e. The summed E-state index contributed by atoms with van der Waals surface area (Å²) in [4.78, 5) is 35.0. The molecular formula is C39H43N3O4. The first kappa shape index (κ1) is 31.5. The predicted octanol–water partition coefficient (Wildman–Crippen LogP) is 7.54. The highest BCUT2D eigenvalue weighted by Gasteiger charge is 2.35. The predicted molar refractivity (Wildman–Crippen MR) is 183 cm³/mol. The lowest BCUT2D eigenvalue weighted by Crippen LogP contribution is -2.44. The summed E-state index contributed by atoms with van der Waals surface area (Å²) < 4.78 is 5.51. The Morgan fingerprint density at radius 3 is 2.50 bits per heavy atom. The highest BCUT2D eigenvalue weighted by Crippen LogP contribution is 2.45. The van der Waals surface area contributed by atoms with E-state index in [1.807, 2.05) is 4.90 Å². The summed E-state index contributed by atoms with van der Waals surface area (Å²) in [5.74, 6) is -0.625. The van der Waals surface area contributed by atoms with Gasteiger partial charge in [0.05, 0.1) is 30.0 Å². The van der Waals surface area contributed by atoms with E-state index in [-0.39, 0.29) is 18.0 Å². The number of hydrogen-bond donors (Lipinski definition) is 1. The van der Waals surface area contributed by atoms with E-state index < -0.39 is 5.97 Å². The molecule has 2 aromatic carbocycles. The molecule has 0 radical (unpaired) electrons. The van der Waals surface area contributed by atoms with Gasteiger partial charge in [-0.15, -0.1) is 0 Å². The number of allylic oxidation sites excluding steroid dienone is 3. The number of nitrogens with zero attached hydrogens (tertiary/aromatic N) is 3. The lowest BCUT2D eigenvalue weighted by molar-refractivity contribution is -0.135. The van der Waals surface area contributed by atoms with Gasteiger partial charge in [-0.2, -0.15) is 0 Å². The van der Waals surface area contributed by atoms with Crippen molar-refractivity contribution in [3.8, 4) is 11.3 Å². The second-order valence-corrected chi connectivity index (χ2v) is 12.6. The van der Waals surface area contributed by atoms with Crippen LogP contribution in [0.1, 0.15) is 56.1 Å². The third-order valence-corrected chi connectivity index (χ3v) is 9.44. The number of benzene rings is 2. The molecule has 0 unspecified atom stereocenters. The van der Waals surface area contributed by atoms with Gasteiger partial charge in [-0.25, -0.2) is 9.78 Å². The Balaban J connectivity index is 1.46. The highest BCUT2D eigenvalue weighted by molar-refractivity contribution is 5.92. The van der Waals surface area contributed by atoms with Gasteiger partial charge >= 0.3 is 5.97 Å². The van der Waals surface area contributed by atoms with Crippen LogP contribution in [0.15, 0.2) is 96.2 Å².